The molecule has 0 aliphatic heterocycles. The minimum Gasteiger partial charge on any atom is -0.495 e. The Morgan fingerprint density at radius 2 is 1.68 bits per heavy atom. The third-order valence-electron chi connectivity index (χ3n) is 4.59. The molecule has 162 valence electrons. The third-order valence-corrected chi connectivity index (χ3v) is 6.42. The Morgan fingerprint density at radius 1 is 0.968 bits per heavy atom. The first-order valence-electron chi connectivity index (χ1n) is 9.41. The van der Waals surface area contributed by atoms with Crippen molar-refractivity contribution in [1.29, 1.82) is 0 Å². The maximum atomic E-state index is 13.3. The topological polar surface area (TPSA) is 72.9 Å². The Labute approximate surface area is 180 Å². The van der Waals surface area contributed by atoms with Gasteiger partial charge in [-0.3, -0.25) is 0 Å². The second-order valence-electron chi connectivity index (χ2n) is 6.82. The van der Waals surface area contributed by atoms with Crippen LogP contribution in [0, 0.1) is 5.82 Å². The predicted molar refractivity (Wildman–Crippen MR) is 114 cm³/mol. The van der Waals surface area contributed by atoms with E-state index < -0.39 is 21.8 Å². The number of benzene rings is 3. The Hall–Kier alpha value is -3.23. The Morgan fingerprint density at radius 3 is 2.35 bits per heavy atom. The first kappa shape index (κ1) is 22.5. The number of carbonyl (C=O) groups is 1. The molecule has 0 unspecified atom stereocenters. The van der Waals surface area contributed by atoms with Crippen LogP contribution in [0.1, 0.15) is 21.5 Å². The summed E-state index contributed by atoms with van der Waals surface area (Å²) in [5.41, 5.74) is 1.35. The number of carbonyl (C=O) groups excluding carboxylic acids is 1. The van der Waals surface area contributed by atoms with Crippen molar-refractivity contribution in [3.05, 3.63) is 95.3 Å². The standard InChI is InChI=1S/C23H22FNO5S/c1-25(15-17-7-4-3-5-8-17)31(27,28)22-14-19(11-12-21(22)29-2)23(26)30-16-18-9-6-10-20(24)13-18/h3-14H,15-16H2,1-2H3. The van der Waals surface area contributed by atoms with Gasteiger partial charge in [0, 0.05) is 13.6 Å². The molecule has 6 nitrogen and oxygen atoms in total. The van der Waals surface area contributed by atoms with Crippen molar-refractivity contribution >= 4 is 16.0 Å². The Kier molecular flexibility index (Phi) is 7.04. The van der Waals surface area contributed by atoms with E-state index in [1.165, 1.54) is 54.9 Å². The van der Waals surface area contributed by atoms with Crippen LogP contribution in [0.5, 0.6) is 5.75 Å². The summed E-state index contributed by atoms with van der Waals surface area (Å²) in [7, 11) is -1.15. The summed E-state index contributed by atoms with van der Waals surface area (Å²) in [5.74, 6) is -1.05. The van der Waals surface area contributed by atoms with Crippen LogP contribution in [0.25, 0.3) is 0 Å². The van der Waals surface area contributed by atoms with Crippen molar-refractivity contribution in [3.8, 4) is 5.75 Å². The van der Waals surface area contributed by atoms with Gasteiger partial charge in [-0.2, -0.15) is 4.31 Å². The maximum absolute atomic E-state index is 13.3. The lowest BCUT2D eigenvalue weighted by Crippen LogP contribution is -2.27. The highest BCUT2D eigenvalue weighted by atomic mass is 32.2. The minimum absolute atomic E-state index is 0.0453. The zero-order chi connectivity index (χ0) is 22.4. The van der Waals surface area contributed by atoms with E-state index in [4.69, 9.17) is 9.47 Å². The highest BCUT2D eigenvalue weighted by Gasteiger charge is 2.26. The molecule has 8 heteroatoms. The van der Waals surface area contributed by atoms with Crippen molar-refractivity contribution < 1.29 is 27.1 Å². The number of methoxy groups -OCH3 is 1. The third kappa shape index (κ3) is 5.48. The van der Waals surface area contributed by atoms with Gasteiger partial charge in [0.05, 0.1) is 12.7 Å². The number of sulfonamides is 1. The Bertz CT molecular complexity index is 1170. The number of hydrogen-bond acceptors (Lipinski definition) is 5. The molecule has 0 spiro atoms. The first-order valence-corrected chi connectivity index (χ1v) is 10.8. The summed E-state index contributed by atoms with van der Waals surface area (Å²) in [4.78, 5) is 12.3. The van der Waals surface area contributed by atoms with Gasteiger partial charge >= 0.3 is 5.97 Å². The molecular weight excluding hydrogens is 421 g/mol. The van der Waals surface area contributed by atoms with Crippen LogP contribution in [0.4, 0.5) is 4.39 Å². The van der Waals surface area contributed by atoms with Gasteiger partial charge in [0.1, 0.15) is 23.1 Å². The Balaban J connectivity index is 1.82. The van der Waals surface area contributed by atoms with Crippen LogP contribution < -0.4 is 4.74 Å². The molecule has 0 amide bonds. The van der Waals surface area contributed by atoms with E-state index in [9.17, 15) is 17.6 Å². The van der Waals surface area contributed by atoms with Crippen LogP contribution in [0.2, 0.25) is 0 Å². The van der Waals surface area contributed by atoms with E-state index in [1.807, 2.05) is 30.3 Å². The number of esters is 1. The van der Waals surface area contributed by atoms with Crippen LogP contribution in [-0.2, 0) is 27.9 Å². The van der Waals surface area contributed by atoms with Crippen molar-refractivity contribution in [1.82, 2.24) is 4.31 Å². The summed E-state index contributed by atoms with van der Waals surface area (Å²) in [6.07, 6.45) is 0. The molecule has 0 saturated heterocycles. The van der Waals surface area contributed by atoms with Gasteiger partial charge in [-0.25, -0.2) is 17.6 Å². The molecule has 0 N–H and O–H groups in total. The molecular formula is C23H22FNO5S. The number of ether oxygens (including phenoxy) is 2. The predicted octanol–water partition coefficient (Wildman–Crippen LogP) is 4.01. The summed E-state index contributed by atoms with van der Waals surface area (Å²) < 4.78 is 51.2. The van der Waals surface area contributed by atoms with E-state index in [0.29, 0.717) is 5.56 Å². The van der Waals surface area contributed by atoms with Crippen molar-refractivity contribution in [3.63, 3.8) is 0 Å². The second kappa shape index (κ2) is 9.72. The van der Waals surface area contributed by atoms with Crippen LogP contribution in [0.15, 0.2) is 77.7 Å². The molecule has 0 bridgehead atoms. The zero-order valence-corrected chi connectivity index (χ0v) is 17.9. The van der Waals surface area contributed by atoms with Crippen molar-refractivity contribution in [2.24, 2.45) is 0 Å². The molecule has 0 radical (unpaired) electrons. The summed E-state index contributed by atoms with van der Waals surface area (Å²) in [6.45, 7) is 0.0131. The zero-order valence-electron chi connectivity index (χ0n) is 17.1. The molecule has 0 atom stereocenters. The molecule has 0 aliphatic carbocycles. The van der Waals surface area contributed by atoms with Gasteiger partial charge in [0.2, 0.25) is 10.0 Å². The van der Waals surface area contributed by atoms with Gasteiger partial charge in [-0.15, -0.1) is 0 Å². The smallest absolute Gasteiger partial charge is 0.338 e. The summed E-state index contributed by atoms with van der Waals surface area (Å²) >= 11 is 0. The lowest BCUT2D eigenvalue weighted by Gasteiger charge is -2.19. The lowest BCUT2D eigenvalue weighted by molar-refractivity contribution is 0.0472. The molecule has 0 saturated carbocycles. The molecule has 0 aliphatic rings. The van der Waals surface area contributed by atoms with Crippen molar-refractivity contribution in [2.75, 3.05) is 14.2 Å². The number of rotatable bonds is 8. The van der Waals surface area contributed by atoms with Crippen LogP contribution in [0.3, 0.4) is 0 Å². The minimum atomic E-state index is -3.96. The number of nitrogens with zero attached hydrogens (tertiary/aromatic N) is 1. The lowest BCUT2D eigenvalue weighted by atomic mass is 10.2. The molecule has 0 aromatic heterocycles. The fourth-order valence-electron chi connectivity index (χ4n) is 2.96. The van der Waals surface area contributed by atoms with Gasteiger partial charge < -0.3 is 9.47 Å². The molecule has 3 aromatic carbocycles. The summed E-state index contributed by atoms with van der Waals surface area (Å²) in [6, 6.07) is 18.9. The molecule has 3 aromatic rings. The van der Waals surface area contributed by atoms with E-state index in [2.05, 4.69) is 0 Å². The largest absolute Gasteiger partial charge is 0.495 e. The molecule has 3 rings (SSSR count). The van der Waals surface area contributed by atoms with Gasteiger partial charge in [-0.05, 0) is 41.5 Å². The molecule has 31 heavy (non-hydrogen) atoms. The normalized spacial score (nSPS) is 11.4. The molecule has 0 fully saturated rings. The average molecular weight is 443 g/mol. The van der Waals surface area contributed by atoms with Crippen LogP contribution >= 0.6 is 0 Å². The second-order valence-corrected chi connectivity index (χ2v) is 8.83. The fourth-order valence-corrected chi connectivity index (χ4v) is 4.29. The average Bonchev–Trinajstić information content (AvgIpc) is 2.77. The van der Waals surface area contributed by atoms with E-state index in [-0.39, 0.29) is 29.4 Å². The van der Waals surface area contributed by atoms with Gasteiger partial charge in [0.15, 0.2) is 0 Å². The number of halogens is 1. The quantitative estimate of drug-likeness (QED) is 0.492. The molecule has 0 heterocycles. The summed E-state index contributed by atoms with van der Waals surface area (Å²) in [5, 5.41) is 0. The van der Waals surface area contributed by atoms with Gasteiger partial charge in [0.25, 0.3) is 0 Å². The van der Waals surface area contributed by atoms with Gasteiger partial charge in [-0.1, -0.05) is 42.5 Å². The van der Waals surface area contributed by atoms with Crippen LogP contribution in [-0.4, -0.2) is 32.8 Å². The maximum Gasteiger partial charge on any atom is 0.338 e. The van der Waals surface area contributed by atoms with E-state index in [1.54, 1.807) is 6.07 Å². The van der Waals surface area contributed by atoms with E-state index in [0.717, 1.165) is 5.56 Å². The number of hydrogen-bond donors (Lipinski definition) is 0. The highest BCUT2D eigenvalue weighted by Crippen LogP contribution is 2.28. The SMILES string of the molecule is COc1ccc(C(=O)OCc2cccc(F)c2)cc1S(=O)(=O)N(C)Cc1ccccc1. The van der Waals surface area contributed by atoms with E-state index >= 15 is 0 Å². The first-order chi connectivity index (χ1) is 14.8. The monoisotopic (exact) mass is 443 g/mol. The van der Waals surface area contributed by atoms with Crippen molar-refractivity contribution in [2.45, 2.75) is 18.0 Å². The fraction of sp³-hybridized carbons (Fsp3) is 0.174. The highest BCUT2D eigenvalue weighted by molar-refractivity contribution is 7.89.